The van der Waals surface area contributed by atoms with Crippen molar-refractivity contribution >= 4 is 5.97 Å². The van der Waals surface area contributed by atoms with Crippen molar-refractivity contribution in [1.29, 1.82) is 0 Å². The van der Waals surface area contributed by atoms with Crippen LogP contribution in [0.25, 0.3) is 11.3 Å². The Morgan fingerprint density at radius 3 is 2.86 bits per heavy atom. The average molecular weight is 301 g/mol. The molecule has 1 aliphatic carbocycles. The number of hydrogen-bond acceptors (Lipinski definition) is 4. The van der Waals surface area contributed by atoms with Gasteiger partial charge in [-0.3, -0.25) is 9.78 Å². The molecule has 2 aromatic heterocycles. The monoisotopic (exact) mass is 301 g/mol. The molecule has 2 aromatic rings. The predicted octanol–water partition coefficient (Wildman–Crippen LogP) is 1.34. The second kappa shape index (κ2) is 4.95. The van der Waals surface area contributed by atoms with Crippen molar-refractivity contribution in [2.24, 2.45) is 0 Å². The highest BCUT2D eigenvalue weighted by molar-refractivity contribution is 5.95. The lowest BCUT2D eigenvalue weighted by Gasteiger charge is -2.30. The quantitative estimate of drug-likeness (QED) is 0.874. The minimum atomic E-state index is -0.967. The minimum Gasteiger partial charge on any atom is -0.476 e. The second-order valence-corrected chi connectivity index (χ2v) is 6.22. The van der Waals surface area contributed by atoms with Gasteiger partial charge in [-0.25, -0.2) is 4.79 Å². The summed E-state index contributed by atoms with van der Waals surface area (Å²) < 4.78 is 1.98. The van der Waals surface area contributed by atoms with Crippen molar-refractivity contribution in [3.63, 3.8) is 0 Å². The van der Waals surface area contributed by atoms with Gasteiger partial charge in [0.15, 0.2) is 5.69 Å². The molecule has 0 bridgehead atoms. The molecule has 0 spiro atoms. The van der Waals surface area contributed by atoms with Gasteiger partial charge >= 0.3 is 5.97 Å². The van der Waals surface area contributed by atoms with E-state index in [0.717, 1.165) is 61.3 Å². The van der Waals surface area contributed by atoms with Crippen LogP contribution in [-0.4, -0.2) is 56.1 Å². The Kier molecular flexibility index (Phi) is 3.04. The van der Waals surface area contributed by atoms with Crippen LogP contribution in [0.1, 0.15) is 40.6 Å². The Morgan fingerprint density at radius 1 is 1.36 bits per heavy atom. The number of nitrogens with zero attached hydrogens (tertiary/aromatic N) is 4. The van der Waals surface area contributed by atoms with Crippen molar-refractivity contribution in [3.05, 3.63) is 23.1 Å². The van der Waals surface area contributed by atoms with Gasteiger partial charge in [0.05, 0.1) is 23.5 Å². The first-order valence-corrected chi connectivity index (χ1v) is 7.71. The molecule has 7 nitrogen and oxygen atoms in total. The molecule has 0 saturated carbocycles. The molecule has 1 aliphatic heterocycles. The lowest BCUT2D eigenvalue weighted by Crippen LogP contribution is -2.32. The molecule has 7 heteroatoms. The third kappa shape index (κ3) is 1.96. The van der Waals surface area contributed by atoms with Gasteiger partial charge in [-0.1, -0.05) is 0 Å². The van der Waals surface area contributed by atoms with E-state index in [1.807, 2.05) is 4.68 Å². The number of H-pyrrole nitrogens is 1. The first-order valence-electron chi connectivity index (χ1n) is 7.71. The third-order valence-corrected chi connectivity index (χ3v) is 4.85. The van der Waals surface area contributed by atoms with Crippen LogP contribution in [0.2, 0.25) is 0 Å². The number of aromatic amines is 1. The molecular weight excluding hydrogens is 282 g/mol. The number of nitrogens with one attached hydrogen (secondary N) is 1. The van der Waals surface area contributed by atoms with Gasteiger partial charge in [-0.15, -0.1) is 0 Å². The maximum atomic E-state index is 11.6. The number of aryl methyl sites for hydroxylation is 1. The molecule has 0 aromatic carbocycles. The SMILES string of the molecule is CN1CCC(n2nc(C(=O)O)c3c2CCc2cn[nH]c2-3)CC1. The zero-order valence-electron chi connectivity index (χ0n) is 12.5. The zero-order valence-corrected chi connectivity index (χ0v) is 12.5. The average Bonchev–Trinajstić information content (AvgIpc) is 3.11. The summed E-state index contributed by atoms with van der Waals surface area (Å²) in [7, 11) is 2.12. The van der Waals surface area contributed by atoms with Crippen molar-refractivity contribution in [1.82, 2.24) is 24.9 Å². The van der Waals surface area contributed by atoms with Crippen LogP contribution in [0.5, 0.6) is 0 Å². The molecule has 2 aliphatic rings. The number of likely N-dealkylation sites (tertiary alicyclic amines) is 1. The van der Waals surface area contributed by atoms with E-state index >= 15 is 0 Å². The number of carboxylic acid groups (broad SMARTS) is 1. The number of aromatic nitrogens is 4. The highest BCUT2D eigenvalue weighted by atomic mass is 16.4. The number of piperidine rings is 1. The van der Waals surface area contributed by atoms with E-state index in [1.165, 1.54) is 0 Å². The van der Waals surface area contributed by atoms with Gasteiger partial charge in [-0.05, 0) is 51.4 Å². The van der Waals surface area contributed by atoms with Gasteiger partial charge in [0, 0.05) is 5.69 Å². The molecular formula is C15H19N5O2. The standard InChI is InChI=1S/C15H19N5O2/c1-19-6-4-10(5-7-19)20-11-3-2-9-8-16-17-13(9)12(11)14(18-20)15(21)22/h8,10H,2-7H2,1H3,(H,16,17)(H,21,22). The van der Waals surface area contributed by atoms with E-state index in [1.54, 1.807) is 6.20 Å². The van der Waals surface area contributed by atoms with Crippen molar-refractivity contribution in [2.45, 2.75) is 31.7 Å². The maximum absolute atomic E-state index is 11.6. The molecule has 116 valence electrons. The van der Waals surface area contributed by atoms with Crippen LogP contribution in [-0.2, 0) is 12.8 Å². The number of carbonyl (C=O) groups is 1. The Balaban J connectivity index is 1.82. The van der Waals surface area contributed by atoms with Gasteiger partial charge < -0.3 is 10.0 Å². The summed E-state index contributed by atoms with van der Waals surface area (Å²) in [5.41, 5.74) is 3.85. The molecule has 2 N–H and O–H groups in total. The molecule has 0 atom stereocenters. The second-order valence-electron chi connectivity index (χ2n) is 6.22. The molecule has 0 amide bonds. The zero-order chi connectivity index (χ0) is 15.3. The maximum Gasteiger partial charge on any atom is 0.357 e. The highest BCUT2D eigenvalue weighted by Crippen LogP contribution is 2.37. The highest BCUT2D eigenvalue weighted by Gasteiger charge is 2.32. The first kappa shape index (κ1) is 13.5. The predicted molar refractivity (Wildman–Crippen MR) is 79.9 cm³/mol. The third-order valence-electron chi connectivity index (χ3n) is 4.85. The Labute approximate surface area is 127 Å². The minimum absolute atomic E-state index is 0.152. The molecule has 4 rings (SSSR count). The van der Waals surface area contributed by atoms with Crippen molar-refractivity contribution in [3.8, 4) is 11.3 Å². The van der Waals surface area contributed by atoms with E-state index in [0.29, 0.717) is 6.04 Å². The number of aromatic carboxylic acids is 1. The topological polar surface area (TPSA) is 87.0 Å². The van der Waals surface area contributed by atoms with Crippen LogP contribution in [0.4, 0.5) is 0 Å². The molecule has 0 radical (unpaired) electrons. The smallest absolute Gasteiger partial charge is 0.357 e. The van der Waals surface area contributed by atoms with Gasteiger partial charge in [0.1, 0.15) is 0 Å². The van der Waals surface area contributed by atoms with E-state index in [4.69, 9.17) is 0 Å². The summed E-state index contributed by atoms with van der Waals surface area (Å²) in [6.07, 6.45) is 5.53. The summed E-state index contributed by atoms with van der Waals surface area (Å²) in [4.78, 5) is 13.9. The molecule has 1 saturated heterocycles. The van der Waals surface area contributed by atoms with Crippen LogP contribution in [0.15, 0.2) is 6.20 Å². The van der Waals surface area contributed by atoms with Gasteiger partial charge in [0.25, 0.3) is 0 Å². The summed E-state index contributed by atoms with van der Waals surface area (Å²) in [6, 6.07) is 0.294. The van der Waals surface area contributed by atoms with Crippen LogP contribution in [0.3, 0.4) is 0 Å². The lowest BCUT2D eigenvalue weighted by molar-refractivity contribution is 0.0689. The molecule has 22 heavy (non-hydrogen) atoms. The molecule has 3 heterocycles. The lowest BCUT2D eigenvalue weighted by atomic mass is 9.93. The number of fused-ring (bicyclic) bond motifs is 3. The van der Waals surface area contributed by atoms with E-state index in [9.17, 15) is 9.90 Å². The molecule has 0 unspecified atom stereocenters. The van der Waals surface area contributed by atoms with Gasteiger partial charge in [0.2, 0.25) is 0 Å². The van der Waals surface area contributed by atoms with Crippen molar-refractivity contribution in [2.75, 3.05) is 20.1 Å². The van der Waals surface area contributed by atoms with Crippen LogP contribution in [0, 0.1) is 0 Å². The molecule has 1 fully saturated rings. The summed E-state index contributed by atoms with van der Waals surface area (Å²) in [6.45, 7) is 2.05. The van der Waals surface area contributed by atoms with Crippen molar-refractivity contribution < 1.29 is 9.90 Å². The Bertz CT molecular complexity index is 724. The van der Waals surface area contributed by atoms with Crippen LogP contribution < -0.4 is 0 Å². The fourth-order valence-corrected chi connectivity index (χ4v) is 3.63. The van der Waals surface area contributed by atoms with Gasteiger partial charge in [-0.2, -0.15) is 10.2 Å². The Hall–Kier alpha value is -2.15. The normalized spacial score (nSPS) is 19.0. The summed E-state index contributed by atoms with van der Waals surface area (Å²) in [5.74, 6) is -0.967. The summed E-state index contributed by atoms with van der Waals surface area (Å²) >= 11 is 0. The number of hydrogen-bond donors (Lipinski definition) is 2. The van der Waals surface area contributed by atoms with E-state index in [-0.39, 0.29) is 5.69 Å². The first-order chi connectivity index (χ1) is 10.6. The summed E-state index contributed by atoms with van der Waals surface area (Å²) in [5, 5.41) is 21.0. The fraction of sp³-hybridized carbons (Fsp3) is 0.533. The van der Waals surface area contributed by atoms with Crippen LogP contribution >= 0.6 is 0 Å². The number of rotatable bonds is 2. The van der Waals surface area contributed by atoms with E-state index in [2.05, 4.69) is 27.2 Å². The fourth-order valence-electron chi connectivity index (χ4n) is 3.63. The van der Waals surface area contributed by atoms with E-state index < -0.39 is 5.97 Å². The largest absolute Gasteiger partial charge is 0.476 e. The Morgan fingerprint density at radius 2 is 2.14 bits per heavy atom. The number of carboxylic acids is 1.